The number of methoxy groups -OCH3 is 2. The van der Waals surface area contributed by atoms with E-state index < -0.39 is 5.97 Å². The maximum absolute atomic E-state index is 13.1. The zero-order valence-corrected chi connectivity index (χ0v) is 20.2. The molecule has 0 unspecified atom stereocenters. The van der Waals surface area contributed by atoms with Crippen LogP contribution in [0, 0.1) is 0 Å². The molecule has 174 valence electrons. The van der Waals surface area contributed by atoms with E-state index in [9.17, 15) is 14.4 Å². The minimum atomic E-state index is -0.532. The van der Waals surface area contributed by atoms with Crippen LogP contribution in [0.25, 0.3) is 10.9 Å². The van der Waals surface area contributed by atoms with E-state index >= 15 is 0 Å². The smallest absolute Gasteiger partial charge is 0.337 e. The van der Waals surface area contributed by atoms with E-state index in [1.807, 2.05) is 0 Å². The van der Waals surface area contributed by atoms with Crippen LogP contribution in [0.15, 0.2) is 46.3 Å². The van der Waals surface area contributed by atoms with Crippen LogP contribution in [0.1, 0.15) is 16.8 Å². The van der Waals surface area contributed by atoms with E-state index in [4.69, 9.17) is 32.7 Å². The van der Waals surface area contributed by atoms with Gasteiger partial charge in [-0.25, -0.2) is 9.78 Å². The van der Waals surface area contributed by atoms with Crippen molar-refractivity contribution in [2.24, 2.45) is 0 Å². The van der Waals surface area contributed by atoms with Crippen LogP contribution in [0.4, 0.5) is 5.69 Å². The number of amides is 1. The lowest BCUT2D eigenvalue weighted by Crippen LogP contribution is -2.25. The molecular formula is C22H21Cl2N3O5S. The number of carbonyl (C=O) groups excluding carboxylic acids is 2. The molecule has 0 fully saturated rings. The zero-order chi connectivity index (χ0) is 24.0. The van der Waals surface area contributed by atoms with Crippen LogP contribution in [0.5, 0.6) is 0 Å². The maximum Gasteiger partial charge on any atom is 0.337 e. The summed E-state index contributed by atoms with van der Waals surface area (Å²) in [4.78, 5) is 42.1. The number of esters is 1. The van der Waals surface area contributed by atoms with Gasteiger partial charge in [-0.2, -0.15) is 0 Å². The molecule has 1 heterocycles. The second-order valence-corrected chi connectivity index (χ2v) is 8.59. The monoisotopic (exact) mass is 509 g/mol. The van der Waals surface area contributed by atoms with Crippen molar-refractivity contribution < 1.29 is 19.1 Å². The molecule has 0 aliphatic heterocycles. The third-order valence-electron chi connectivity index (χ3n) is 4.63. The molecule has 8 nitrogen and oxygen atoms in total. The van der Waals surface area contributed by atoms with Crippen molar-refractivity contribution in [1.29, 1.82) is 0 Å². The summed E-state index contributed by atoms with van der Waals surface area (Å²) >= 11 is 13.2. The molecule has 0 aliphatic rings. The lowest BCUT2D eigenvalue weighted by molar-refractivity contribution is -0.113. The fourth-order valence-corrected chi connectivity index (χ4v) is 4.21. The summed E-state index contributed by atoms with van der Waals surface area (Å²) in [6.45, 7) is 0.821. The van der Waals surface area contributed by atoms with Crippen molar-refractivity contribution in [2.75, 3.05) is 31.9 Å². The number of halogens is 2. The Morgan fingerprint density at radius 2 is 1.97 bits per heavy atom. The highest BCUT2D eigenvalue weighted by molar-refractivity contribution is 7.99. The number of carbonyl (C=O) groups is 2. The summed E-state index contributed by atoms with van der Waals surface area (Å²) in [7, 11) is 2.86. The van der Waals surface area contributed by atoms with Gasteiger partial charge in [-0.1, -0.05) is 41.0 Å². The van der Waals surface area contributed by atoms with E-state index in [1.54, 1.807) is 31.4 Å². The SMILES string of the molecule is COCCCn1c(SCC(=O)Nc2cccc(Cl)c2Cl)nc2cc(C(=O)OC)ccc2c1=O. The fraction of sp³-hybridized carbons (Fsp3) is 0.273. The van der Waals surface area contributed by atoms with Gasteiger partial charge in [0.25, 0.3) is 5.56 Å². The molecule has 1 N–H and O–H groups in total. The van der Waals surface area contributed by atoms with Gasteiger partial charge in [0, 0.05) is 20.3 Å². The van der Waals surface area contributed by atoms with Gasteiger partial charge >= 0.3 is 5.97 Å². The molecule has 0 bridgehead atoms. The first-order valence-corrected chi connectivity index (χ1v) is 11.6. The minimum absolute atomic E-state index is 0.0260. The van der Waals surface area contributed by atoms with Gasteiger partial charge in [-0.05, 0) is 36.8 Å². The molecule has 0 atom stereocenters. The fourth-order valence-electron chi connectivity index (χ4n) is 3.04. The Kier molecular flexibility index (Phi) is 8.74. The molecule has 0 saturated carbocycles. The molecule has 2 aromatic carbocycles. The van der Waals surface area contributed by atoms with E-state index in [-0.39, 0.29) is 27.8 Å². The molecule has 1 amide bonds. The first-order valence-electron chi connectivity index (χ1n) is 9.84. The largest absolute Gasteiger partial charge is 0.465 e. The van der Waals surface area contributed by atoms with Crippen molar-refractivity contribution in [3.63, 3.8) is 0 Å². The standard InChI is InChI=1S/C22H21Cl2N3O5S/c1-31-10-4-9-27-20(29)14-8-7-13(21(30)32-2)11-17(14)26-22(27)33-12-18(28)25-16-6-3-5-15(23)19(16)24/h3,5-8,11H,4,9-10,12H2,1-2H3,(H,25,28). The molecule has 1 aromatic heterocycles. The van der Waals surface area contributed by atoms with Crippen LogP contribution in [-0.4, -0.2) is 48.0 Å². The molecule has 3 rings (SSSR count). The first-order chi connectivity index (χ1) is 15.8. The molecule has 0 saturated heterocycles. The van der Waals surface area contributed by atoms with E-state index in [0.29, 0.717) is 46.3 Å². The summed E-state index contributed by atoms with van der Waals surface area (Å²) in [6.07, 6.45) is 0.585. The highest BCUT2D eigenvalue weighted by Gasteiger charge is 2.16. The molecule has 11 heteroatoms. The molecule has 0 spiro atoms. The van der Waals surface area contributed by atoms with Crippen LogP contribution in [0.3, 0.4) is 0 Å². The molecule has 33 heavy (non-hydrogen) atoms. The van der Waals surface area contributed by atoms with Gasteiger partial charge in [0.1, 0.15) is 0 Å². The number of nitrogens with zero attached hydrogens (tertiary/aromatic N) is 2. The van der Waals surface area contributed by atoms with Crippen LogP contribution in [-0.2, 0) is 20.8 Å². The number of aromatic nitrogens is 2. The molecule has 0 aliphatic carbocycles. The van der Waals surface area contributed by atoms with Crippen LogP contribution >= 0.6 is 35.0 Å². The van der Waals surface area contributed by atoms with Crippen molar-refractivity contribution in [3.8, 4) is 0 Å². The Morgan fingerprint density at radius 3 is 2.70 bits per heavy atom. The van der Waals surface area contributed by atoms with Crippen molar-refractivity contribution >= 4 is 63.4 Å². The number of hydrogen-bond donors (Lipinski definition) is 1. The number of anilines is 1. The Balaban J connectivity index is 1.90. The van der Waals surface area contributed by atoms with Crippen molar-refractivity contribution in [1.82, 2.24) is 9.55 Å². The number of benzene rings is 2. The lowest BCUT2D eigenvalue weighted by atomic mass is 10.1. The number of nitrogens with one attached hydrogen (secondary N) is 1. The summed E-state index contributed by atoms with van der Waals surface area (Å²) in [5.74, 6) is -0.901. The predicted octanol–water partition coefficient (Wildman–Crippen LogP) is 4.26. The highest BCUT2D eigenvalue weighted by atomic mass is 35.5. The van der Waals surface area contributed by atoms with Crippen LogP contribution < -0.4 is 10.9 Å². The van der Waals surface area contributed by atoms with Crippen LogP contribution in [0.2, 0.25) is 10.0 Å². The Hall–Kier alpha value is -2.59. The second kappa shape index (κ2) is 11.5. The van der Waals surface area contributed by atoms with E-state index in [2.05, 4.69) is 10.3 Å². The van der Waals surface area contributed by atoms with Gasteiger partial charge in [-0.3, -0.25) is 14.2 Å². The number of fused-ring (bicyclic) bond motifs is 1. The third-order valence-corrected chi connectivity index (χ3v) is 6.42. The van der Waals surface area contributed by atoms with Gasteiger partial charge in [0.05, 0.1) is 45.1 Å². The number of thioether (sulfide) groups is 1. The van der Waals surface area contributed by atoms with Crippen molar-refractivity contribution in [3.05, 3.63) is 62.4 Å². The summed E-state index contributed by atoms with van der Waals surface area (Å²) in [5.41, 5.74) is 0.736. The average molecular weight is 510 g/mol. The van der Waals surface area contributed by atoms with Gasteiger partial charge in [-0.15, -0.1) is 0 Å². The minimum Gasteiger partial charge on any atom is -0.465 e. The quantitative estimate of drug-likeness (QED) is 0.199. The number of ether oxygens (including phenoxy) is 2. The zero-order valence-electron chi connectivity index (χ0n) is 17.9. The van der Waals surface area contributed by atoms with Crippen molar-refractivity contribution in [2.45, 2.75) is 18.1 Å². The van der Waals surface area contributed by atoms with Gasteiger partial charge < -0.3 is 14.8 Å². The van der Waals surface area contributed by atoms with E-state index in [0.717, 1.165) is 11.8 Å². The third kappa shape index (κ3) is 6.05. The summed E-state index contributed by atoms with van der Waals surface area (Å²) in [6, 6.07) is 9.50. The maximum atomic E-state index is 13.1. The lowest BCUT2D eigenvalue weighted by Gasteiger charge is -2.14. The van der Waals surface area contributed by atoms with Gasteiger partial charge in [0.2, 0.25) is 5.91 Å². The number of rotatable bonds is 9. The Labute approximate surface area is 204 Å². The predicted molar refractivity (Wildman–Crippen MR) is 130 cm³/mol. The molecule has 3 aromatic rings. The normalized spacial score (nSPS) is 10.9. The first kappa shape index (κ1) is 25.0. The summed E-state index contributed by atoms with van der Waals surface area (Å²) < 4.78 is 11.3. The second-order valence-electron chi connectivity index (χ2n) is 6.86. The Morgan fingerprint density at radius 1 is 1.18 bits per heavy atom. The Bertz CT molecular complexity index is 1250. The highest BCUT2D eigenvalue weighted by Crippen LogP contribution is 2.30. The number of hydrogen-bond acceptors (Lipinski definition) is 7. The topological polar surface area (TPSA) is 99.5 Å². The average Bonchev–Trinajstić information content (AvgIpc) is 2.81. The summed E-state index contributed by atoms with van der Waals surface area (Å²) in [5, 5.41) is 3.98. The van der Waals surface area contributed by atoms with Gasteiger partial charge in [0.15, 0.2) is 5.16 Å². The van der Waals surface area contributed by atoms with E-state index in [1.165, 1.54) is 23.8 Å². The molecular weight excluding hydrogens is 489 g/mol. The molecule has 0 radical (unpaired) electrons.